The average molecular weight is 280 g/mol. The summed E-state index contributed by atoms with van der Waals surface area (Å²) in [6.07, 6.45) is 14.7. The van der Waals surface area contributed by atoms with E-state index in [-0.39, 0.29) is 5.54 Å². The zero-order valence-electron chi connectivity index (χ0n) is 12.9. The van der Waals surface area contributed by atoms with Gasteiger partial charge in [-0.05, 0) is 51.6 Å². The fourth-order valence-corrected chi connectivity index (χ4v) is 4.69. The molecule has 1 heterocycles. The maximum Gasteiger partial charge on any atom is 0.0613 e. The van der Waals surface area contributed by atoms with Gasteiger partial charge in [0.2, 0.25) is 0 Å². The van der Waals surface area contributed by atoms with Crippen LogP contribution in [0.2, 0.25) is 0 Å². The molecule has 0 aromatic rings. The molecular formula is C17H32N2O. The predicted octanol–water partition coefficient (Wildman–Crippen LogP) is 2.68. The minimum Gasteiger partial charge on any atom is -0.394 e. The van der Waals surface area contributed by atoms with E-state index in [1.165, 1.54) is 83.7 Å². The summed E-state index contributed by atoms with van der Waals surface area (Å²) in [6, 6.07) is 1.52. The van der Waals surface area contributed by atoms with E-state index in [2.05, 4.69) is 10.2 Å². The molecular weight excluding hydrogens is 248 g/mol. The van der Waals surface area contributed by atoms with Gasteiger partial charge in [0, 0.05) is 17.6 Å². The first-order chi connectivity index (χ1) is 9.81. The summed E-state index contributed by atoms with van der Waals surface area (Å²) in [5.41, 5.74) is 0.0671. The second kappa shape index (κ2) is 6.76. The van der Waals surface area contributed by atoms with Gasteiger partial charge in [-0.25, -0.2) is 0 Å². The molecule has 20 heavy (non-hydrogen) atoms. The van der Waals surface area contributed by atoms with Gasteiger partial charge in [0.25, 0.3) is 0 Å². The second-order valence-electron chi connectivity index (χ2n) is 7.39. The lowest BCUT2D eigenvalue weighted by atomic mass is 9.90. The standard InChI is InChI=1S/C17H32N2O/c20-14-17(10-4-5-11-17)18-15-8-12-19(13-9-15)16-6-2-1-3-7-16/h15-16,18,20H,1-14H2. The summed E-state index contributed by atoms with van der Waals surface area (Å²) >= 11 is 0. The first-order valence-corrected chi connectivity index (χ1v) is 8.94. The van der Waals surface area contributed by atoms with Crippen LogP contribution < -0.4 is 5.32 Å². The molecule has 3 aliphatic rings. The zero-order chi connectivity index (χ0) is 13.8. The molecule has 3 heteroatoms. The van der Waals surface area contributed by atoms with Crippen LogP contribution in [-0.4, -0.2) is 47.3 Å². The van der Waals surface area contributed by atoms with Gasteiger partial charge in [0.15, 0.2) is 0 Å². The quantitative estimate of drug-likeness (QED) is 0.831. The Labute approximate surface area is 124 Å². The first-order valence-electron chi connectivity index (χ1n) is 8.94. The Morgan fingerprint density at radius 1 is 0.900 bits per heavy atom. The van der Waals surface area contributed by atoms with Crippen molar-refractivity contribution in [3.05, 3.63) is 0 Å². The minimum atomic E-state index is 0.0671. The van der Waals surface area contributed by atoms with Gasteiger partial charge in [0.05, 0.1) is 6.61 Å². The summed E-state index contributed by atoms with van der Waals surface area (Å²) in [7, 11) is 0. The van der Waals surface area contributed by atoms with Crippen molar-refractivity contribution in [2.24, 2.45) is 0 Å². The van der Waals surface area contributed by atoms with Gasteiger partial charge in [0.1, 0.15) is 0 Å². The van der Waals surface area contributed by atoms with Gasteiger partial charge >= 0.3 is 0 Å². The molecule has 0 radical (unpaired) electrons. The molecule has 0 spiro atoms. The zero-order valence-corrected chi connectivity index (χ0v) is 12.9. The van der Waals surface area contributed by atoms with Crippen LogP contribution in [0.4, 0.5) is 0 Å². The van der Waals surface area contributed by atoms with Crippen molar-refractivity contribution in [3.8, 4) is 0 Å². The second-order valence-corrected chi connectivity index (χ2v) is 7.39. The summed E-state index contributed by atoms with van der Waals surface area (Å²) in [5, 5.41) is 13.6. The number of hydrogen-bond acceptors (Lipinski definition) is 3. The van der Waals surface area contributed by atoms with Crippen molar-refractivity contribution < 1.29 is 5.11 Å². The molecule has 116 valence electrons. The lowest BCUT2D eigenvalue weighted by Gasteiger charge is -2.42. The maximum atomic E-state index is 9.73. The Balaban J connectivity index is 1.46. The van der Waals surface area contributed by atoms with Crippen LogP contribution >= 0.6 is 0 Å². The molecule has 3 fully saturated rings. The Morgan fingerprint density at radius 3 is 2.15 bits per heavy atom. The van der Waals surface area contributed by atoms with Gasteiger partial charge in [-0.2, -0.15) is 0 Å². The van der Waals surface area contributed by atoms with Crippen molar-refractivity contribution in [3.63, 3.8) is 0 Å². The maximum absolute atomic E-state index is 9.73. The fraction of sp³-hybridized carbons (Fsp3) is 1.00. The highest BCUT2D eigenvalue weighted by Gasteiger charge is 2.36. The molecule has 2 aliphatic carbocycles. The third-order valence-corrected chi connectivity index (χ3v) is 5.99. The van der Waals surface area contributed by atoms with Crippen LogP contribution in [0.25, 0.3) is 0 Å². The van der Waals surface area contributed by atoms with Crippen LogP contribution in [0, 0.1) is 0 Å². The minimum absolute atomic E-state index is 0.0671. The van der Waals surface area contributed by atoms with Gasteiger partial charge in [-0.15, -0.1) is 0 Å². The third kappa shape index (κ3) is 3.37. The molecule has 0 aromatic heterocycles. The first kappa shape index (κ1) is 14.8. The van der Waals surface area contributed by atoms with E-state index in [1.807, 2.05) is 0 Å². The lowest BCUT2D eigenvalue weighted by molar-refractivity contribution is 0.0905. The van der Waals surface area contributed by atoms with E-state index in [4.69, 9.17) is 0 Å². The van der Waals surface area contributed by atoms with Gasteiger partial charge < -0.3 is 15.3 Å². The largest absolute Gasteiger partial charge is 0.394 e. The van der Waals surface area contributed by atoms with Crippen LogP contribution in [0.1, 0.15) is 70.6 Å². The summed E-state index contributed by atoms with van der Waals surface area (Å²) in [5.74, 6) is 0. The topological polar surface area (TPSA) is 35.5 Å². The Hall–Kier alpha value is -0.120. The van der Waals surface area contributed by atoms with E-state index in [0.717, 1.165) is 6.04 Å². The third-order valence-electron chi connectivity index (χ3n) is 5.99. The summed E-state index contributed by atoms with van der Waals surface area (Å²) < 4.78 is 0. The number of nitrogens with zero attached hydrogens (tertiary/aromatic N) is 1. The molecule has 1 saturated heterocycles. The van der Waals surface area contributed by atoms with E-state index < -0.39 is 0 Å². The number of likely N-dealkylation sites (tertiary alicyclic amines) is 1. The fourth-order valence-electron chi connectivity index (χ4n) is 4.69. The Kier molecular flexibility index (Phi) is 5.00. The number of piperidine rings is 1. The number of nitrogens with one attached hydrogen (secondary N) is 1. The van der Waals surface area contributed by atoms with Gasteiger partial charge in [-0.3, -0.25) is 0 Å². The molecule has 2 N–H and O–H groups in total. The smallest absolute Gasteiger partial charge is 0.0613 e. The molecule has 0 bridgehead atoms. The summed E-state index contributed by atoms with van der Waals surface area (Å²) in [6.45, 7) is 2.86. The monoisotopic (exact) mass is 280 g/mol. The van der Waals surface area contributed by atoms with Crippen LogP contribution in [0.15, 0.2) is 0 Å². The van der Waals surface area contributed by atoms with Gasteiger partial charge in [-0.1, -0.05) is 32.1 Å². The molecule has 3 nitrogen and oxygen atoms in total. The molecule has 0 atom stereocenters. The molecule has 0 aromatic carbocycles. The molecule has 0 unspecified atom stereocenters. The summed E-state index contributed by atoms with van der Waals surface area (Å²) in [4.78, 5) is 2.75. The van der Waals surface area contributed by atoms with E-state index >= 15 is 0 Å². The molecule has 1 aliphatic heterocycles. The highest BCUT2D eigenvalue weighted by atomic mass is 16.3. The number of aliphatic hydroxyl groups excluding tert-OH is 1. The van der Waals surface area contributed by atoms with Crippen molar-refractivity contribution in [1.82, 2.24) is 10.2 Å². The van der Waals surface area contributed by atoms with Crippen molar-refractivity contribution in [2.75, 3.05) is 19.7 Å². The van der Waals surface area contributed by atoms with E-state index in [1.54, 1.807) is 0 Å². The number of rotatable bonds is 4. The van der Waals surface area contributed by atoms with Crippen molar-refractivity contribution >= 4 is 0 Å². The van der Waals surface area contributed by atoms with E-state index in [9.17, 15) is 5.11 Å². The van der Waals surface area contributed by atoms with Crippen LogP contribution in [0.5, 0.6) is 0 Å². The highest BCUT2D eigenvalue weighted by molar-refractivity contribution is 4.96. The lowest BCUT2D eigenvalue weighted by Crippen LogP contribution is -2.55. The van der Waals surface area contributed by atoms with E-state index in [0.29, 0.717) is 12.6 Å². The van der Waals surface area contributed by atoms with Crippen molar-refractivity contribution in [2.45, 2.75) is 88.3 Å². The Morgan fingerprint density at radius 2 is 1.55 bits per heavy atom. The van der Waals surface area contributed by atoms with Crippen LogP contribution in [0.3, 0.4) is 0 Å². The molecule has 0 amide bonds. The molecule has 3 rings (SSSR count). The molecule has 2 saturated carbocycles. The highest BCUT2D eigenvalue weighted by Crippen LogP contribution is 2.31. The number of aliphatic hydroxyl groups is 1. The number of hydrogen-bond donors (Lipinski definition) is 2. The Bertz CT molecular complexity index is 287. The normalized spacial score (nSPS) is 29.9. The average Bonchev–Trinajstić information content (AvgIpc) is 2.98. The SMILES string of the molecule is OCC1(NC2CCN(C3CCCCC3)CC2)CCCC1. The predicted molar refractivity (Wildman–Crippen MR) is 82.9 cm³/mol. The van der Waals surface area contributed by atoms with Crippen molar-refractivity contribution in [1.29, 1.82) is 0 Å². The van der Waals surface area contributed by atoms with Crippen LogP contribution in [-0.2, 0) is 0 Å².